The molecule has 4 nitrogen and oxygen atoms in total. The minimum absolute atomic E-state index is 0.0397. The molecule has 28 heavy (non-hydrogen) atoms. The molecule has 146 valence electrons. The van der Waals surface area contributed by atoms with Gasteiger partial charge in [0, 0.05) is 25.3 Å². The van der Waals surface area contributed by atoms with E-state index in [1.165, 1.54) is 31.2 Å². The summed E-state index contributed by atoms with van der Waals surface area (Å²) in [6, 6.07) is 17.1. The Labute approximate surface area is 167 Å². The van der Waals surface area contributed by atoms with Crippen LogP contribution in [0, 0.1) is 5.41 Å². The summed E-state index contributed by atoms with van der Waals surface area (Å²) in [6.45, 7) is 4.11. The zero-order valence-corrected chi connectivity index (χ0v) is 16.5. The maximum Gasteiger partial charge on any atom is 0.230 e. The van der Waals surface area contributed by atoms with Crippen molar-refractivity contribution in [2.24, 2.45) is 5.41 Å². The van der Waals surface area contributed by atoms with Crippen LogP contribution < -0.4 is 0 Å². The van der Waals surface area contributed by atoms with Crippen LogP contribution in [0.25, 0.3) is 0 Å². The van der Waals surface area contributed by atoms with Crippen LogP contribution in [-0.4, -0.2) is 46.4 Å². The molecule has 1 aliphatic carbocycles. The van der Waals surface area contributed by atoms with Crippen molar-refractivity contribution in [2.75, 3.05) is 19.6 Å². The Morgan fingerprint density at radius 1 is 1.00 bits per heavy atom. The van der Waals surface area contributed by atoms with Crippen molar-refractivity contribution in [1.29, 1.82) is 0 Å². The Morgan fingerprint density at radius 2 is 1.75 bits per heavy atom. The number of pyridine rings is 1. The van der Waals surface area contributed by atoms with Gasteiger partial charge in [0.25, 0.3) is 0 Å². The van der Waals surface area contributed by atoms with Crippen molar-refractivity contribution < 1.29 is 4.79 Å². The van der Waals surface area contributed by atoms with Crippen LogP contribution in [0.5, 0.6) is 0 Å². The summed E-state index contributed by atoms with van der Waals surface area (Å²) in [7, 11) is 0. The summed E-state index contributed by atoms with van der Waals surface area (Å²) < 4.78 is 0. The second kappa shape index (κ2) is 7.32. The third kappa shape index (κ3) is 3.58. The SMILES string of the molecule is O=C1C(c2ccccc2)CC2(CCN(Cc3ccccn3)CC2)CN1C1CC1. The maximum absolute atomic E-state index is 13.2. The number of nitrogens with zero attached hydrogens (tertiary/aromatic N) is 3. The standard InChI is InChI=1S/C24H29N3O/c28-23-22(19-6-2-1-3-7-19)16-24(18-27(23)21-9-10-21)11-14-26(15-12-24)17-20-8-4-5-13-25-20/h1-8,13,21-22H,9-12,14-18H2. The van der Waals surface area contributed by atoms with Crippen LogP contribution in [0.15, 0.2) is 54.7 Å². The van der Waals surface area contributed by atoms with E-state index in [4.69, 9.17) is 0 Å². The van der Waals surface area contributed by atoms with Gasteiger partial charge in [0.1, 0.15) is 0 Å². The number of benzene rings is 1. The van der Waals surface area contributed by atoms with Gasteiger partial charge in [-0.25, -0.2) is 0 Å². The number of carbonyl (C=O) groups excluding carboxylic acids is 1. The Hall–Kier alpha value is -2.20. The monoisotopic (exact) mass is 375 g/mol. The molecule has 1 unspecified atom stereocenters. The molecule has 3 fully saturated rings. The fourth-order valence-electron chi connectivity index (χ4n) is 5.13. The molecule has 3 aliphatic rings. The van der Waals surface area contributed by atoms with E-state index < -0.39 is 0 Å². The van der Waals surface area contributed by atoms with Gasteiger partial charge in [0.15, 0.2) is 0 Å². The highest BCUT2D eigenvalue weighted by Gasteiger charge is 2.49. The smallest absolute Gasteiger partial charge is 0.230 e. The summed E-state index contributed by atoms with van der Waals surface area (Å²) in [5, 5.41) is 0. The summed E-state index contributed by atoms with van der Waals surface area (Å²) in [4.78, 5) is 22.5. The first-order chi connectivity index (χ1) is 13.7. The van der Waals surface area contributed by atoms with Crippen LogP contribution in [-0.2, 0) is 11.3 Å². The normalized spacial score (nSPS) is 25.2. The Balaban J connectivity index is 1.32. The lowest BCUT2D eigenvalue weighted by Crippen LogP contribution is -2.54. The zero-order valence-electron chi connectivity index (χ0n) is 16.5. The molecule has 1 spiro atoms. The van der Waals surface area contributed by atoms with E-state index >= 15 is 0 Å². The number of aromatic nitrogens is 1. The lowest BCUT2D eigenvalue weighted by atomic mass is 9.67. The van der Waals surface area contributed by atoms with Gasteiger partial charge in [-0.2, -0.15) is 0 Å². The van der Waals surface area contributed by atoms with Crippen LogP contribution in [0.2, 0.25) is 0 Å². The van der Waals surface area contributed by atoms with Crippen molar-refractivity contribution in [2.45, 2.75) is 50.6 Å². The average Bonchev–Trinajstić information content (AvgIpc) is 3.58. The van der Waals surface area contributed by atoms with Crippen LogP contribution >= 0.6 is 0 Å². The Bertz CT molecular complexity index is 810. The summed E-state index contributed by atoms with van der Waals surface area (Å²) in [6.07, 6.45) is 7.63. The van der Waals surface area contributed by atoms with E-state index in [9.17, 15) is 4.79 Å². The molecule has 0 bridgehead atoms. The van der Waals surface area contributed by atoms with E-state index in [1.54, 1.807) is 0 Å². The first kappa shape index (κ1) is 17.9. The fourth-order valence-corrected chi connectivity index (χ4v) is 5.13. The van der Waals surface area contributed by atoms with Crippen molar-refractivity contribution >= 4 is 5.91 Å². The third-order valence-corrected chi connectivity index (χ3v) is 6.94. The highest BCUT2D eigenvalue weighted by Crippen LogP contribution is 2.48. The Kier molecular flexibility index (Phi) is 4.67. The molecular weight excluding hydrogens is 346 g/mol. The van der Waals surface area contributed by atoms with Crippen molar-refractivity contribution in [3.8, 4) is 0 Å². The second-order valence-electron chi connectivity index (χ2n) is 8.96. The van der Waals surface area contributed by atoms with Crippen LogP contribution in [0.3, 0.4) is 0 Å². The highest BCUT2D eigenvalue weighted by molar-refractivity contribution is 5.85. The van der Waals surface area contributed by atoms with Crippen molar-refractivity contribution in [1.82, 2.24) is 14.8 Å². The molecule has 1 aromatic carbocycles. The molecule has 1 amide bonds. The number of piperidine rings is 2. The van der Waals surface area contributed by atoms with Gasteiger partial charge >= 0.3 is 0 Å². The van der Waals surface area contributed by atoms with E-state index in [2.05, 4.69) is 51.2 Å². The quantitative estimate of drug-likeness (QED) is 0.815. The summed E-state index contributed by atoms with van der Waals surface area (Å²) >= 11 is 0. The van der Waals surface area contributed by atoms with Gasteiger partial charge in [-0.15, -0.1) is 0 Å². The van der Waals surface area contributed by atoms with Crippen molar-refractivity contribution in [3.63, 3.8) is 0 Å². The lowest BCUT2D eigenvalue weighted by Gasteiger charge is -2.50. The molecule has 2 saturated heterocycles. The minimum atomic E-state index is 0.0397. The van der Waals surface area contributed by atoms with Gasteiger partial charge in [0.05, 0.1) is 11.6 Å². The summed E-state index contributed by atoms with van der Waals surface area (Å²) in [5.41, 5.74) is 2.63. The number of hydrogen-bond donors (Lipinski definition) is 0. The Morgan fingerprint density at radius 3 is 2.43 bits per heavy atom. The third-order valence-electron chi connectivity index (χ3n) is 6.94. The van der Waals surface area contributed by atoms with Crippen LogP contribution in [0.1, 0.15) is 49.3 Å². The van der Waals surface area contributed by atoms with Gasteiger partial charge in [-0.3, -0.25) is 14.7 Å². The van der Waals surface area contributed by atoms with E-state index in [-0.39, 0.29) is 11.3 Å². The van der Waals surface area contributed by atoms with Gasteiger partial charge in [-0.1, -0.05) is 36.4 Å². The first-order valence-corrected chi connectivity index (χ1v) is 10.7. The molecule has 0 radical (unpaired) electrons. The number of rotatable bonds is 4. The molecular formula is C24H29N3O. The van der Waals surface area contributed by atoms with Gasteiger partial charge < -0.3 is 4.90 Å². The van der Waals surface area contributed by atoms with E-state index in [0.717, 1.165) is 38.3 Å². The fraction of sp³-hybridized carbons (Fsp3) is 0.500. The highest BCUT2D eigenvalue weighted by atomic mass is 16.2. The number of amides is 1. The van der Waals surface area contributed by atoms with E-state index in [1.807, 2.05) is 18.3 Å². The van der Waals surface area contributed by atoms with Gasteiger partial charge in [0.2, 0.25) is 5.91 Å². The lowest BCUT2D eigenvalue weighted by molar-refractivity contribution is -0.142. The molecule has 0 N–H and O–H groups in total. The summed E-state index contributed by atoms with van der Waals surface area (Å²) in [5.74, 6) is 0.410. The largest absolute Gasteiger partial charge is 0.339 e. The van der Waals surface area contributed by atoms with Crippen LogP contribution in [0.4, 0.5) is 0 Å². The maximum atomic E-state index is 13.2. The molecule has 4 heteroatoms. The second-order valence-corrected chi connectivity index (χ2v) is 8.96. The van der Waals surface area contributed by atoms with Gasteiger partial charge in [-0.05, 0) is 68.3 Å². The molecule has 2 aliphatic heterocycles. The average molecular weight is 376 g/mol. The first-order valence-electron chi connectivity index (χ1n) is 10.7. The zero-order chi connectivity index (χ0) is 19.0. The molecule has 3 heterocycles. The predicted octanol–water partition coefficient (Wildman–Crippen LogP) is 3.84. The number of carbonyl (C=O) groups is 1. The molecule has 2 aromatic rings. The molecule has 1 aromatic heterocycles. The topological polar surface area (TPSA) is 36.4 Å². The molecule has 5 rings (SSSR count). The van der Waals surface area contributed by atoms with Crippen molar-refractivity contribution in [3.05, 3.63) is 66.0 Å². The van der Waals surface area contributed by atoms with E-state index in [0.29, 0.717) is 11.9 Å². The predicted molar refractivity (Wildman–Crippen MR) is 110 cm³/mol. The minimum Gasteiger partial charge on any atom is -0.339 e. The number of likely N-dealkylation sites (tertiary alicyclic amines) is 2. The molecule has 1 saturated carbocycles. The molecule has 1 atom stereocenters. The number of hydrogen-bond acceptors (Lipinski definition) is 3.